The summed E-state index contributed by atoms with van der Waals surface area (Å²) in [6.07, 6.45) is 4.79. The average Bonchev–Trinajstić information content (AvgIpc) is 2.66. The number of nitrogens with zero attached hydrogens (tertiary/aromatic N) is 2. The molecular formula is C18H19N3O5S. The number of rotatable bonds is 3. The van der Waals surface area contributed by atoms with Gasteiger partial charge in [-0.25, -0.2) is 8.42 Å². The third kappa shape index (κ3) is 3.60. The number of carbonyl (C=O) groups is 1. The Morgan fingerprint density at radius 1 is 1.19 bits per heavy atom. The van der Waals surface area contributed by atoms with Crippen LogP contribution >= 0.6 is 0 Å². The highest BCUT2D eigenvalue weighted by molar-refractivity contribution is 7.88. The Balaban J connectivity index is 1.57. The van der Waals surface area contributed by atoms with Crippen LogP contribution in [-0.4, -0.2) is 49.6 Å². The molecule has 4 rings (SSSR count). The van der Waals surface area contributed by atoms with Crippen LogP contribution in [0.1, 0.15) is 21.5 Å². The van der Waals surface area contributed by atoms with Crippen molar-refractivity contribution in [3.05, 3.63) is 47.3 Å². The van der Waals surface area contributed by atoms with Gasteiger partial charge in [0.1, 0.15) is 13.2 Å². The zero-order valence-corrected chi connectivity index (χ0v) is 15.6. The number of aromatic nitrogens is 1. The fraction of sp³-hybridized carbons (Fsp3) is 0.333. The first-order chi connectivity index (χ1) is 12.9. The topological polar surface area (TPSA) is 97.8 Å². The number of fused-ring (bicyclic) bond motifs is 2. The lowest BCUT2D eigenvalue weighted by molar-refractivity contribution is 0.102. The second-order valence-electron chi connectivity index (χ2n) is 6.48. The SMILES string of the molecule is CS(=O)(=O)N1CCc2c(cncc2C(=O)Nc2ccc3c(c2)OCCO3)C1. The van der Waals surface area contributed by atoms with Gasteiger partial charge in [0, 0.05) is 37.2 Å². The lowest BCUT2D eigenvalue weighted by atomic mass is 9.98. The van der Waals surface area contributed by atoms with Crippen molar-refractivity contribution in [1.82, 2.24) is 9.29 Å². The van der Waals surface area contributed by atoms with Gasteiger partial charge in [-0.15, -0.1) is 0 Å². The summed E-state index contributed by atoms with van der Waals surface area (Å²) < 4.78 is 36.0. The van der Waals surface area contributed by atoms with Gasteiger partial charge in [-0.1, -0.05) is 0 Å². The minimum Gasteiger partial charge on any atom is -0.486 e. The smallest absolute Gasteiger partial charge is 0.257 e. The van der Waals surface area contributed by atoms with Crippen molar-refractivity contribution in [2.75, 3.05) is 31.3 Å². The lowest BCUT2D eigenvalue weighted by Crippen LogP contribution is -2.36. The molecule has 0 unspecified atom stereocenters. The van der Waals surface area contributed by atoms with E-state index in [1.807, 2.05) is 0 Å². The van der Waals surface area contributed by atoms with Crippen LogP contribution in [0.25, 0.3) is 0 Å². The molecule has 1 aromatic heterocycles. The molecule has 2 aliphatic rings. The molecule has 1 N–H and O–H groups in total. The van der Waals surface area contributed by atoms with Crippen LogP contribution in [0.2, 0.25) is 0 Å². The normalized spacial score (nSPS) is 16.5. The molecule has 0 radical (unpaired) electrons. The van der Waals surface area contributed by atoms with Crippen LogP contribution in [0.4, 0.5) is 5.69 Å². The highest BCUT2D eigenvalue weighted by atomic mass is 32.2. The van der Waals surface area contributed by atoms with E-state index in [-0.39, 0.29) is 12.5 Å². The van der Waals surface area contributed by atoms with Gasteiger partial charge in [-0.2, -0.15) is 4.31 Å². The summed E-state index contributed by atoms with van der Waals surface area (Å²) in [5.41, 5.74) is 2.63. The molecule has 2 aromatic rings. The number of amides is 1. The highest BCUT2D eigenvalue weighted by Gasteiger charge is 2.26. The minimum absolute atomic E-state index is 0.228. The molecule has 27 heavy (non-hydrogen) atoms. The van der Waals surface area contributed by atoms with Gasteiger partial charge in [0.05, 0.1) is 11.8 Å². The molecule has 0 bridgehead atoms. The maximum Gasteiger partial charge on any atom is 0.257 e. The van der Waals surface area contributed by atoms with Gasteiger partial charge < -0.3 is 14.8 Å². The summed E-state index contributed by atoms with van der Waals surface area (Å²) in [5.74, 6) is 0.957. The van der Waals surface area contributed by atoms with E-state index in [0.29, 0.717) is 48.9 Å². The molecule has 0 saturated carbocycles. The van der Waals surface area contributed by atoms with Gasteiger partial charge in [-0.3, -0.25) is 9.78 Å². The first kappa shape index (κ1) is 17.7. The second-order valence-corrected chi connectivity index (χ2v) is 8.47. The van der Waals surface area contributed by atoms with E-state index in [9.17, 15) is 13.2 Å². The van der Waals surface area contributed by atoms with Crippen LogP contribution in [0, 0.1) is 0 Å². The first-order valence-corrected chi connectivity index (χ1v) is 10.4. The van der Waals surface area contributed by atoms with Crippen molar-refractivity contribution in [1.29, 1.82) is 0 Å². The number of hydrogen-bond acceptors (Lipinski definition) is 6. The molecule has 1 aromatic carbocycles. The fourth-order valence-corrected chi connectivity index (χ4v) is 4.06. The van der Waals surface area contributed by atoms with Crippen molar-refractivity contribution >= 4 is 21.6 Å². The summed E-state index contributed by atoms with van der Waals surface area (Å²) >= 11 is 0. The van der Waals surface area contributed by atoms with Gasteiger partial charge >= 0.3 is 0 Å². The standard InChI is InChI=1S/C18H19N3O5S/c1-27(23,24)21-5-4-14-12(11-21)9-19-10-15(14)18(22)20-13-2-3-16-17(8-13)26-7-6-25-16/h2-3,8-10H,4-7,11H2,1H3,(H,20,22). The zero-order valence-electron chi connectivity index (χ0n) is 14.8. The first-order valence-electron chi connectivity index (χ1n) is 8.54. The average molecular weight is 389 g/mol. The molecular weight excluding hydrogens is 370 g/mol. The van der Waals surface area contributed by atoms with E-state index < -0.39 is 10.0 Å². The van der Waals surface area contributed by atoms with Crippen molar-refractivity contribution in [2.45, 2.75) is 13.0 Å². The Bertz CT molecular complexity index is 1010. The summed E-state index contributed by atoms with van der Waals surface area (Å²) in [6.45, 7) is 1.55. The number of sulfonamides is 1. The van der Waals surface area contributed by atoms with Crippen molar-refractivity contribution in [3.8, 4) is 11.5 Å². The summed E-state index contributed by atoms with van der Waals surface area (Å²) in [6, 6.07) is 5.23. The largest absolute Gasteiger partial charge is 0.486 e. The molecule has 2 aliphatic heterocycles. The number of hydrogen-bond donors (Lipinski definition) is 1. The van der Waals surface area contributed by atoms with E-state index in [0.717, 1.165) is 11.1 Å². The lowest BCUT2D eigenvalue weighted by Gasteiger charge is -2.27. The number of ether oxygens (including phenoxy) is 2. The second kappa shape index (κ2) is 6.82. The number of nitrogens with one attached hydrogen (secondary N) is 1. The van der Waals surface area contributed by atoms with Gasteiger partial charge in [0.15, 0.2) is 11.5 Å². The van der Waals surface area contributed by atoms with Gasteiger partial charge in [0.25, 0.3) is 5.91 Å². The quantitative estimate of drug-likeness (QED) is 0.853. The molecule has 8 nitrogen and oxygen atoms in total. The van der Waals surface area contributed by atoms with Gasteiger partial charge in [-0.05, 0) is 29.7 Å². The van der Waals surface area contributed by atoms with Crippen molar-refractivity contribution < 1.29 is 22.7 Å². The Morgan fingerprint density at radius 3 is 2.74 bits per heavy atom. The summed E-state index contributed by atoms with van der Waals surface area (Å²) in [5, 5.41) is 2.85. The Kier molecular flexibility index (Phi) is 4.48. The number of carbonyl (C=O) groups excluding carboxylic acids is 1. The monoisotopic (exact) mass is 389 g/mol. The van der Waals surface area contributed by atoms with Crippen molar-refractivity contribution in [3.63, 3.8) is 0 Å². The van der Waals surface area contributed by atoms with E-state index in [4.69, 9.17) is 9.47 Å². The van der Waals surface area contributed by atoms with E-state index in [1.165, 1.54) is 16.8 Å². The number of pyridine rings is 1. The molecule has 9 heteroatoms. The molecule has 1 amide bonds. The molecule has 142 valence electrons. The summed E-state index contributed by atoms with van der Waals surface area (Å²) in [4.78, 5) is 16.9. The molecule has 0 spiro atoms. The van der Waals surface area contributed by atoms with E-state index in [2.05, 4.69) is 10.3 Å². The third-order valence-electron chi connectivity index (χ3n) is 4.62. The highest BCUT2D eigenvalue weighted by Crippen LogP contribution is 2.33. The number of benzene rings is 1. The minimum atomic E-state index is -3.28. The van der Waals surface area contributed by atoms with E-state index in [1.54, 1.807) is 24.4 Å². The summed E-state index contributed by atoms with van der Waals surface area (Å²) in [7, 11) is -3.28. The Morgan fingerprint density at radius 2 is 1.96 bits per heavy atom. The fourth-order valence-electron chi connectivity index (χ4n) is 3.27. The Labute approximate surface area is 157 Å². The molecule has 0 aliphatic carbocycles. The zero-order chi connectivity index (χ0) is 19.0. The maximum atomic E-state index is 12.8. The number of anilines is 1. The molecule has 0 fully saturated rings. The molecule has 3 heterocycles. The predicted molar refractivity (Wildman–Crippen MR) is 98.6 cm³/mol. The van der Waals surface area contributed by atoms with Gasteiger partial charge in [0.2, 0.25) is 10.0 Å². The maximum absolute atomic E-state index is 12.8. The van der Waals surface area contributed by atoms with Crippen LogP contribution in [0.3, 0.4) is 0 Å². The third-order valence-corrected chi connectivity index (χ3v) is 5.87. The van der Waals surface area contributed by atoms with Crippen LogP contribution in [0.15, 0.2) is 30.6 Å². The van der Waals surface area contributed by atoms with Crippen LogP contribution in [0.5, 0.6) is 11.5 Å². The van der Waals surface area contributed by atoms with Crippen molar-refractivity contribution in [2.24, 2.45) is 0 Å². The van der Waals surface area contributed by atoms with E-state index >= 15 is 0 Å². The van der Waals surface area contributed by atoms with Crippen LogP contribution < -0.4 is 14.8 Å². The molecule has 0 atom stereocenters. The van der Waals surface area contributed by atoms with Crippen LogP contribution in [-0.2, 0) is 23.0 Å². The molecule has 0 saturated heterocycles. The Hall–Kier alpha value is -2.65. The predicted octanol–water partition coefficient (Wildman–Crippen LogP) is 1.42.